The molecule has 24 nitrogen and oxygen atoms in total. The summed E-state index contributed by atoms with van der Waals surface area (Å²) in [5.41, 5.74) is 11.2. The van der Waals surface area contributed by atoms with Crippen molar-refractivity contribution in [2.24, 2.45) is 0 Å². The predicted molar refractivity (Wildman–Crippen MR) is 213 cm³/mol. The molecule has 2 unspecified atom stereocenters. The van der Waals surface area contributed by atoms with E-state index in [1.807, 2.05) is 0 Å². The maximum Gasteiger partial charge on any atom is 0.472 e. The molecule has 0 spiro atoms. The van der Waals surface area contributed by atoms with Crippen LogP contribution in [0.5, 0.6) is 0 Å². The third kappa shape index (κ3) is 10.7. The van der Waals surface area contributed by atoms with E-state index in [0.29, 0.717) is 5.52 Å². The number of fused-ring (bicyclic) bond motifs is 5. The summed E-state index contributed by atoms with van der Waals surface area (Å²) in [5.74, 6) is -0.183. The Morgan fingerprint density at radius 2 is 1.29 bits per heavy atom. The molecule has 3 aliphatic heterocycles. The number of pyridine rings is 1. The average Bonchev–Trinajstić information content (AvgIpc) is 3.96. The van der Waals surface area contributed by atoms with Crippen LogP contribution in [0.15, 0.2) is 29.7 Å². The van der Waals surface area contributed by atoms with Gasteiger partial charge in [-0.25, -0.2) is 24.1 Å². The van der Waals surface area contributed by atoms with Gasteiger partial charge < -0.3 is 55.3 Å². The normalized spacial score (nSPS) is 31.2. The molecular weight excluding hydrogens is 820 g/mol. The first-order valence-corrected chi connectivity index (χ1v) is 22.2. The number of imidazole rings is 2. The molecule has 7 rings (SSSR count). The van der Waals surface area contributed by atoms with Crippen LogP contribution in [0, 0.1) is 0 Å². The van der Waals surface area contributed by atoms with Crippen LogP contribution in [0.1, 0.15) is 54.0 Å². The van der Waals surface area contributed by atoms with Crippen molar-refractivity contribution in [3.8, 4) is 0 Å². The molecule has 0 aliphatic carbocycles. The molecule has 3 fully saturated rings. The number of nitrogens with two attached hydrogens (primary N) is 2. The summed E-state index contributed by atoms with van der Waals surface area (Å²) >= 11 is 0. The molecule has 0 aromatic carbocycles. The number of aromatic nitrogens is 7. The maximum atomic E-state index is 13.2. The number of phosphoric ester groups is 2. The van der Waals surface area contributed by atoms with Gasteiger partial charge in [-0.3, -0.25) is 32.4 Å². The smallest absolute Gasteiger partial charge is 0.387 e. The molecule has 9 N–H and O–H groups in total. The lowest BCUT2D eigenvalue weighted by molar-refractivity contribution is -0.0671. The maximum absolute atomic E-state index is 13.2. The number of nitrogen functional groups attached to an aromatic ring is 2. The fourth-order valence-electron chi connectivity index (χ4n) is 6.77. The first-order valence-electron chi connectivity index (χ1n) is 19.2. The van der Waals surface area contributed by atoms with Gasteiger partial charge in [0.15, 0.2) is 29.4 Å². The van der Waals surface area contributed by atoms with Crippen molar-refractivity contribution < 1.29 is 56.7 Å². The molecule has 3 aliphatic rings. The molecule has 59 heavy (non-hydrogen) atoms. The number of aliphatic hydroxyl groups excluding tert-OH is 2. The van der Waals surface area contributed by atoms with E-state index in [1.165, 1.54) is 62.4 Å². The van der Waals surface area contributed by atoms with Gasteiger partial charge in [0, 0.05) is 6.20 Å². The molecule has 0 amide bonds. The van der Waals surface area contributed by atoms with Crippen LogP contribution in [0.25, 0.3) is 22.2 Å². The number of hydrogen-bond acceptors (Lipinski definition) is 19. The number of rotatable bonds is 8. The highest BCUT2D eigenvalue weighted by Gasteiger charge is 2.54. The second-order valence-corrected chi connectivity index (χ2v) is 16.3. The quantitative estimate of drug-likeness (QED) is 0.121. The zero-order chi connectivity index (χ0) is 43.2. The topological polar surface area (TPSA) is 323 Å². The van der Waals surface area contributed by atoms with E-state index in [9.17, 15) is 33.9 Å². The van der Waals surface area contributed by atoms with E-state index in [4.69, 9.17) is 39.0 Å². The van der Waals surface area contributed by atoms with Crippen molar-refractivity contribution >= 4 is 49.6 Å². The molecule has 4 aromatic heterocycles. The Kier molecular flexibility index (Phi) is 15.8. The first kappa shape index (κ1) is 46.6. The van der Waals surface area contributed by atoms with Gasteiger partial charge in [0.2, 0.25) is 5.95 Å². The van der Waals surface area contributed by atoms with Crippen molar-refractivity contribution in [2.75, 3.05) is 63.9 Å². The summed E-state index contributed by atoms with van der Waals surface area (Å²) in [6, 6.07) is 1.54. The summed E-state index contributed by atoms with van der Waals surface area (Å²) in [6.07, 6.45) is -8.70. The van der Waals surface area contributed by atoms with Gasteiger partial charge >= 0.3 is 15.6 Å². The molecule has 4 aromatic rings. The van der Waals surface area contributed by atoms with E-state index >= 15 is 0 Å². The molecule has 330 valence electrons. The van der Waals surface area contributed by atoms with E-state index in [-0.39, 0.29) is 28.4 Å². The minimum Gasteiger partial charge on any atom is -0.387 e. The van der Waals surface area contributed by atoms with Crippen molar-refractivity contribution in [3.63, 3.8) is 0 Å². The standard InChI is InChI=1S/C21H25N9O13P2.2C6H15N/c22-16-10-7(1-2-24-16)29(5-25-10)19-13(32)14-9(41-19)4-39-45(36,37)43-15-12(31)8(3-38-44(34,35)42-14)40-20(15)30-6-26-11-17(30)27-21(23)28-18(11)33;2*1-4-7(5-2)6-3/h1-2,5-6,8-9,12-15,19-20,31-32H,3-4H2,(H2,22,24)(H,34,35)(H,36,37)(H3,23,27,28,33);2*4-6H2,1-3H3/t8-,9-,12-,13-,14-,15-,19-,20-;;/m1../s1. The Morgan fingerprint density at radius 1 is 0.763 bits per heavy atom. The number of phosphoric acid groups is 2. The average molecular weight is 876 g/mol. The lowest BCUT2D eigenvalue weighted by atomic mass is 10.1. The van der Waals surface area contributed by atoms with Gasteiger partial charge in [-0.15, -0.1) is 0 Å². The van der Waals surface area contributed by atoms with Crippen LogP contribution in [0.4, 0.5) is 11.8 Å². The van der Waals surface area contributed by atoms with Crippen molar-refractivity contribution in [1.82, 2.24) is 43.9 Å². The van der Waals surface area contributed by atoms with E-state index in [1.54, 1.807) is 0 Å². The van der Waals surface area contributed by atoms with Crippen molar-refractivity contribution in [2.45, 2.75) is 90.6 Å². The Hall–Kier alpha value is -3.45. The molecule has 3 saturated heterocycles. The van der Waals surface area contributed by atoms with E-state index in [2.05, 4.69) is 76.3 Å². The first-order chi connectivity index (χ1) is 28.0. The minimum absolute atomic E-state index is 0.0968. The largest absolute Gasteiger partial charge is 0.472 e. The highest BCUT2D eigenvalue weighted by atomic mass is 31.2. The number of H-pyrrole nitrogens is 1. The lowest BCUT2D eigenvalue weighted by Gasteiger charge is -2.25. The van der Waals surface area contributed by atoms with E-state index in [0.717, 1.165) is 10.9 Å². The third-order valence-electron chi connectivity index (χ3n) is 10.1. The number of aromatic amines is 1. The summed E-state index contributed by atoms with van der Waals surface area (Å²) in [6.45, 7) is 18.6. The van der Waals surface area contributed by atoms with Crippen LogP contribution < -0.4 is 17.0 Å². The number of hydrogen-bond donors (Lipinski definition) is 7. The van der Waals surface area contributed by atoms with Crippen LogP contribution in [0.2, 0.25) is 0 Å². The summed E-state index contributed by atoms with van der Waals surface area (Å²) < 4.78 is 61.3. The van der Waals surface area contributed by atoms with Gasteiger partial charge in [-0.05, 0) is 45.3 Å². The Labute approximate surface area is 339 Å². The van der Waals surface area contributed by atoms with Crippen LogP contribution in [0.3, 0.4) is 0 Å². The molecule has 7 heterocycles. The van der Waals surface area contributed by atoms with Crippen molar-refractivity contribution in [3.05, 3.63) is 35.3 Å². The summed E-state index contributed by atoms with van der Waals surface area (Å²) in [4.78, 5) is 56.7. The number of aliphatic hydroxyl groups is 2. The molecule has 0 saturated carbocycles. The molecular formula is C33H55N11O13P2. The van der Waals surface area contributed by atoms with Gasteiger partial charge in [0.25, 0.3) is 5.56 Å². The summed E-state index contributed by atoms with van der Waals surface area (Å²) in [5, 5.41) is 22.2. The van der Waals surface area contributed by atoms with E-state index < -0.39 is 83.5 Å². The number of nitrogens with zero attached hydrogens (tertiary/aromatic N) is 8. The molecule has 0 radical (unpaired) electrons. The minimum atomic E-state index is -5.10. The Morgan fingerprint density at radius 3 is 1.86 bits per heavy atom. The highest BCUT2D eigenvalue weighted by Crippen LogP contribution is 2.53. The predicted octanol–water partition coefficient (Wildman–Crippen LogP) is 0.960. The van der Waals surface area contributed by atoms with Crippen LogP contribution >= 0.6 is 15.6 Å². The molecule has 26 heteroatoms. The fraction of sp³-hybridized carbons (Fsp3) is 0.667. The molecule has 10 atom stereocenters. The number of ether oxygens (including phenoxy) is 2. The van der Waals surface area contributed by atoms with Gasteiger partial charge in [0.1, 0.15) is 42.1 Å². The fourth-order valence-corrected chi connectivity index (χ4v) is 8.66. The van der Waals surface area contributed by atoms with Crippen molar-refractivity contribution in [1.29, 1.82) is 0 Å². The van der Waals surface area contributed by atoms with Gasteiger partial charge in [-0.1, -0.05) is 41.5 Å². The monoisotopic (exact) mass is 875 g/mol. The van der Waals surface area contributed by atoms with Crippen LogP contribution in [-0.2, 0) is 36.7 Å². The summed E-state index contributed by atoms with van der Waals surface area (Å²) in [7, 11) is -10.2. The molecule has 2 bridgehead atoms. The highest BCUT2D eigenvalue weighted by molar-refractivity contribution is 7.47. The second-order valence-electron chi connectivity index (χ2n) is 13.5. The third-order valence-corrected chi connectivity index (χ3v) is 12.1. The van der Waals surface area contributed by atoms with Gasteiger partial charge in [-0.2, -0.15) is 4.98 Å². The zero-order valence-corrected chi connectivity index (χ0v) is 35.5. The van der Waals surface area contributed by atoms with Gasteiger partial charge in [0.05, 0.1) is 31.4 Å². The second kappa shape index (κ2) is 19.9. The lowest BCUT2D eigenvalue weighted by Crippen LogP contribution is -2.36. The van der Waals surface area contributed by atoms with Crippen LogP contribution in [-0.4, -0.2) is 153 Å². The number of nitrogens with one attached hydrogen (secondary N) is 1. The Balaban J connectivity index is 0.000000407. The SMILES string of the molecule is CCN(CC)CC.CCN(CC)CC.Nc1nc2c(ncn2[C@@H]2O[C@@H]3COP(=O)(O)O[C@H]4[C@@H](O)[C@H](n5cnc6c(N)nccc65)O[C@@H]4COP(=O)(O)O[C@@H]2[C@@H]3O)c(=O)[nH]1. The zero-order valence-electron chi connectivity index (χ0n) is 33.7. The number of anilines is 2. The Bertz CT molecular complexity index is 2130.